The summed E-state index contributed by atoms with van der Waals surface area (Å²) in [6.07, 6.45) is 9.09. The number of allylic oxidation sites excluding steroid dienone is 2. The van der Waals surface area contributed by atoms with Gasteiger partial charge in [0.05, 0.1) is 0 Å². The summed E-state index contributed by atoms with van der Waals surface area (Å²) >= 11 is 0. The number of nitrogens with zero attached hydrogens (tertiary/aromatic N) is 2. The van der Waals surface area contributed by atoms with Crippen molar-refractivity contribution in [2.45, 2.75) is 6.92 Å². The number of hydrogen-bond acceptors (Lipinski definition) is 1. The molecule has 0 N–H and O–H groups in total. The Labute approximate surface area is 72.6 Å². The third-order valence-corrected chi connectivity index (χ3v) is 1.55. The molecule has 0 bridgehead atoms. The topological polar surface area (TPSA) is 17.8 Å². The van der Waals surface area contributed by atoms with Crippen LogP contribution in [0.2, 0.25) is 0 Å². The maximum absolute atomic E-state index is 4.09. The maximum Gasteiger partial charge on any atom is 0.136 e. The van der Waals surface area contributed by atoms with E-state index in [1.807, 2.05) is 23.9 Å². The molecule has 0 amide bonds. The molecule has 1 rings (SSSR count). The van der Waals surface area contributed by atoms with E-state index >= 15 is 0 Å². The molecule has 2 heteroatoms. The van der Waals surface area contributed by atoms with E-state index in [1.54, 1.807) is 18.3 Å². The van der Waals surface area contributed by atoms with Gasteiger partial charge in [0.15, 0.2) is 0 Å². The third-order valence-electron chi connectivity index (χ3n) is 1.55. The summed E-state index contributed by atoms with van der Waals surface area (Å²) in [5.74, 6) is 0.844. The highest BCUT2D eigenvalue weighted by molar-refractivity contribution is 5.45. The van der Waals surface area contributed by atoms with Gasteiger partial charge in [0.2, 0.25) is 0 Å². The molecule has 2 nitrogen and oxygen atoms in total. The molecule has 0 saturated carbocycles. The van der Waals surface area contributed by atoms with Crippen molar-refractivity contribution in [2.75, 3.05) is 0 Å². The standard InChI is InChI=1S/C10H12N2/c1-4-9(3)8-12-7-6-11-10(12)5-2/h4-8H,1-2H2,3H3/b9-8-. The lowest BCUT2D eigenvalue weighted by Crippen LogP contribution is -1.88. The molecule has 0 unspecified atom stereocenters. The third kappa shape index (κ3) is 1.72. The molecule has 0 radical (unpaired) electrons. The van der Waals surface area contributed by atoms with Crippen LogP contribution < -0.4 is 0 Å². The van der Waals surface area contributed by atoms with Crippen LogP contribution in [0.4, 0.5) is 0 Å². The lowest BCUT2D eigenvalue weighted by molar-refractivity contribution is 1.10. The van der Waals surface area contributed by atoms with Crippen LogP contribution in [0, 0.1) is 0 Å². The first kappa shape index (κ1) is 8.53. The lowest BCUT2D eigenvalue weighted by atomic mass is 10.3. The average molecular weight is 160 g/mol. The van der Waals surface area contributed by atoms with Gasteiger partial charge in [-0.15, -0.1) is 0 Å². The molecule has 0 aliphatic heterocycles. The SMILES string of the molecule is C=C/C(C)=C\n1ccnc1C=C. The van der Waals surface area contributed by atoms with Crippen LogP contribution in [0.5, 0.6) is 0 Å². The van der Waals surface area contributed by atoms with E-state index in [4.69, 9.17) is 0 Å². The number of hydrogen-bond donors (Lipinski definition) is 0. The molecule has 62 valence electrons. The maximum atomic E-state index is 4.09. The first-order valence-electron chi connectivity index (χ1n) is 3.74. The van der Waals surface area contributed by atoms with Gasteiger partial charge >= 0.3 is 0 Å². The van der Waals surface area contributed by atoms with Crippen molar-refractivity contribution in [3.63, 3.8) is 0 Å². The van der Waals surface area contributed by atoms with Gasteiger partial charge in [-0.25, -0.2) is 4.98 Å². The van der Waals surface area contributed by atoms with Gasteiger partial charge in [-0.1, -0.05) is 19.2 Å². The summed E-state index contributed by atoms with van der Waals surface area (Å²) in [4.78, 5) is 4.09. The highest BCUT2D eigenvalue weighted by atomic mass is 15.0. The minimum absolute atomic E-state index is 0.844. The monoisotopic (exact) mass is 160 g/mol. The van der Waals surface area contributed by atoms with Gasteiger partial charge in [0.1, 0.15) is 5.82 Å². The zero-order chi connectivity index (χ0) is 8.97. The summed E-state index contributed by atoms with van der Waals surface area (Å²) in [5, 5.41) is 0. The van der Waals surface area contributed by atoms with Crippen molar-refractivity contribution in [1.29, 1.82) is 0 Å². The molecule has 0 fully saturated rings. The normalized spacial score (nSPS) is 11.2. The predicted molar refractivity (Wildman–Crippen MR) is 52.5 cm³/mol. The van der Waals surface area contributed by atoms with Gasteiger partial charge in [0.25, 0.3) is 0 Å². The molecule has 0 aliphatic carbocycles. The van der Waals surface area contributed by atoms with Gasteiger partial charge < -0.3 is 4.57 Å². The minimum Gasteiger partial charge on any atom is -0.307 e. The highest BCUT2D eigenvalue weighted by Crippen LogP contribution is 2.03. The van der Waals surface area contributed by atoms with Crippen LogP contribution in [0.25, 0.3) is 12.3 Å². The Balaban J connectivity index is 3.02. The average Bonchev–Trinajstić information content (AvgIpc) is 2.51. The van der Waals surface area contributed by atoms with E-state index in [9.17, 15) is 0 Å². The van der Waals surface area contributed by atoms with Crippen molar-refractivity contribution in [3.8, 4) is 0 Å². The van der Waals surface area contributed by atoms with Crippen molar-refractivity contribution in [2.24, 2.45) is 0 Å². The number of imidazole rings is 1. The molecule has 0 saturated heterocycles. The van der Waals surface area contributed by atoms with Crippen LogP contribution in [0.15, 0.2) is 37.2 Å². The lowest BCUT2D eigenvalue weighted by Gasteiger charge is -1.97. The predicted octanol–water partition coefficient (Wildman–Crippen LogP) is 2.57. The second-order valence-electron chi connectivity index (χ2n) is 2.47. The van der Waals surface area contributed by atoms with E-state index in [-0.39, 0.29) is 0 Å². The van der Waals surface area contributed by atoms with Crippen LogP contribution in [-0.4, -0.2) is 9.55 Å². The van der Waals surface area contributed by atoms with Crippen molar-refractivity contribution in [1.82, 2.24) is 9.55 Å². The first-order valence-corrected chi connectivity index (χ1v) is 3.74. The molecular weight excluding hydrogens is 148 g/mol. The van der Waals surface area contributed by atoms with Crippen LogP contribution >= 0.6 is 0 Å². The van der Waals surface area contributed by atoms with Crippen molar-refractivity contribution >= 4 is 12.3 Å². The smallest absolute Gasteiger partial charge is 0.136 e. The van der Waals surface area contributed by atoms with Crippen LogP contribution in [-0.2, 0) is 0 Å². The zero-order valence-electron chi connectivity index (χ0n) is 7.20. The van der Waals surface area contributed by atoms with E-state index in [1.165, 1.54) is 0 Å². The Kier molecular flexibility index (Phi) is 2.64. The number of rotatable bonds is 3. The molecular formula is C10H12N2. The molecule has 0 atom stereocenters. The second-order valence-corrected chi connectivity index (χ2v) is 2.47. The Bertz CT molecular complexity index is 318. The molecule has 0 aliphatic rings. The van der Waals surface area contributed by atoms with E-state index in [2.05, 4.69) is 18.1 Å². The van der Waals surface area contributed by atoms with E-state index in [0.717, 1.165) is 11.4 Å². The Morgan fingerprint density at radius 3 is 2.92 bits per heavy atom. The van der Waals surface area contributed by atoms with Crippen LogP contribution in [0.1, 0.15) is 12.7 Å². The Morgan fingerprint density at radius 1 is 1.58 bits per heavy atom. The minimum atomic E-state index is 0.844. The van der Waals surface area contributed by atoms with Crippen molar-refractivity contribution < 1.29 is 0 Å². The fourth-order valence-electron chi connectivity index (χ4n) is 0.864. The van der Waals surface area contributed by atoms with Crippen LogP contribution in [0.3, 0.4) is 0 Å². The molecule has 0 aromatic carbocycles. The van der Waals surface area contributed by atoms with Gasteiger partial charge in [0, 0.05) is 18.6 Å². The fraction of sp³-hybridized carbons (Fsp3) is 0.100. The van der Waals surface area contributed by atoms with Gasteiger partial charge in [-0.05, 0) is 18.6 Å². The fourth-order valence-corrected chi connectivity index (χ4v) is 0.864. The summed E-state index contributed by atoms with van der Waals surface area (Å²) < 4.78 is 1.91. The van der Waals surface area contributed by atoms with E-state index < -0.39 is 0 Å². The van der Waals surface area contributed by atoms with E-state index in [0.29, 0.717) is 0 Å². The summed E-state index contributed by atoms with van der Waals surface area (Å²) in [7, 11) is 0. The first-order chi connectivity index (χ1) is 5.77. The Hall–Kier alpha value is -1.57. The highest BCUT2D eigenvalue weighted by Gasteiger charge is 1.93. The Morgan fingerprint density at radius 2 is 2.33 bits per heavy atom. The van der Waals surface area contributed by atoms with Crippen molar-refractivity contribution in [3.05, 3.63) is 43.0 Å². The number of aromatic nitrogens is 2. The molecule has 0 spiro atoms. The largest absolute Gasteiger partial charge is 0.307 e. The molecule has 1 aromatic rings. The zero-order valence-corrected chi connectivity index (χ0v) is 7.20. The van der Waals surface area contributed by atoms with Gasteiger partial charge in [-0.3, -0.25) is 0 Å². The summed E-state index contributed by atoms with van der Waals surface area (Å²) in [6.45, 7) is 9.31. The molecule has 12 heavy (non-hydrogen) atoms. The quantitative estimate of drug-likeness (QED) is 0.621. The summed E-state index contributed by atoms with van der Waals surface area (Å²) in [5.41, 5.74) is 1.09. The van der Waals surface area contributed by atoms with Gasteiger partial charge in [-0.2, -0.15) is 0 Å². The second kappa shape index (κ2) is 3.72. The molecule has 1 heterocycles. The summed E-state index contributed by atoms with van der Waals surface area (Å²) in [6, 6.07) is 0. The molecule has 1 aromatic heterocycles.